The third-order valence-electron chi connectivity index (χ3n) is 7.60. The second-order valence-corrected chi connectivity index (χ2v) is 11.9. The van der Waals surface area contributed by atoms with Crippen LogP contribution in [-0.4, -0.2) is 73.4 Å². The van der Waals surface area contributed by atoms with E-state index in [0.717, 1.165) is 11.3 Å². The zero-order valence-corrected chi connectivity index (χ0v) is 24.7. The minimum atomic E-state index is -0.564. The number of anilines is 3. The summed E-state index contributed by atoms with van der Waals surface area (Å²) in [6.45, 7) is 9.39. The molecule has 3 aromatic heterocycles. The van der Waals surface area contributed by atoms with Crippen molar-refractivity contribution in [1.29, 1.82) is 0 Å². The zero-order chi connectivity index (χ0) is 30.6. The zero-order valence-electron chi connectivity index (χ0n) is 24.7. The van der Waals surface area contributed by atoms with Gasteiger partial charge in [0, 0.05) is 38.0 Å². The van der Waals surface area contributed by atoms with Crippen molar-refractivity contribution in [3.05, 3.63) is 66.6 Å². The van der Waals surface area contributed by atoms with Gasteiger partial charge in [-0.25, -0.2) is 28.7 Å². The van der Waals surface area contributed by atoms with Crippen molar-refractivity contribution >= 4 is 39.8 Å². The first-order valence-electron chi connectivity index (χ1n) is 14.3. The quantitative estimate of drug-likeness (QED) is 0.285. The van der Waals surface area contributed by atoms with E-state index in [4.69, 9.17) is 14.2 Å². The smallest absolute Gasteiger partial charge is 0.410 e. The molecule has 5 aromatic rings. The summed E-state index contributed by atoms with van der Waals surface area (Å²) >= 11 is 0. The highest BCUT2D eigenvalue weighted by molar-refractivity contribution is 6.00. The number of piperazine rings is 1. The molecular weight excluding hydrogens is 567 g/mol. The lowest BCUT2D eigenvalue weighted by Crippen LogP contribution is -2.59. The number of nitrogens with zero attached hydrogens (tertiary/aromatic N) is 7. The second kappa shape index (κ2) is 10.5. The molecule has 0 aliphatic carbocycles. The number of fused-ring (bicyclic) bond motifs is 6. The molecule has 226 valence electrons. The van der Waals surface area contributed by atoms with Gasteiger partial charge in [-0.05, 0) is 57.5 Å². The van der Waals surface area contributed by atoms with Crippen LogP contribution in [0.3, 0.4) is 0 Å². The van der Waals surface area contributed by atoms with E-state index in [2.05, 4.69) is 30.3 Å². The molecule has 1 N–H and O–H groups in total. The molecule has 2 aromatic carbocycles. The molecular formula is C31H31FN8O4. The fourth-order valence-electron chi connectivity index (χ4n) is 5.55. The summed E-state index contributed by atoms with van der Waals surface area (Å²) in [5.41, 5.74) is 2.55. The lowest BCUT2D eigenvalue weighted by Gasteiger charge is -2.45. The van der Waals surface area contributed by atoms with E-state index in [1.54, 1.807) is 33.8 Å². The Morgan fingerprint density at radius 2 is 1.95 bits per heavy atom. The molecule has 1 fully saturated rings. The van der Waals surface area contributed by atoms with Gasteiger partial charge in [0.25, 0.3) is 0 Å². The summed E-state index contributed by atoms with van der Waals surface area (Å²) in [4.78, 5) is 29.7. The molecule has 13 heteroatoms. The Kier molecular flexibility index (Phi) is 6.60. The van der Waals surface area contributed by atoms with Crippen molar-refractivity contribution < 1.29 is 23.4 Å². The Labute approximate surface area is 252 Å². The molecule has 1 amide bonds. The van der Waals surface area contributed by atoms with Gasteiger partial charge in [0.1, 0.15) is 48.0 Å². The Balaban J connectivity index is 1.15. The number of carbonyl (C=O) groups excluding carboxylic acids is 1. The number of hydrogen-bond acceptors (Lipinski definition) is 10. The molecule has 12 nitrogen and oxygen atoms in total. The van der Waals surface area contributed by atoms with Crippen LogP contribution in [-0.2, 0) is 4.74 Å². The van der Waals surface area contributed by atoms with Crippen molar-refractivity contribution in [3.8, 4) is 17.2 Å². The summed E-state index contributed by atoms with van der Waals surface area (Å²) in [6.07, 6.45) is 4.29. The first kappa shape index (κ1) is 27.6. The summed E-state index contributed by atoms with van der Waals surface area (Å²) in [6, 6.07) is 10.3. The minimum absolute atomic E-state index is 0.0413. The van der Waals surface area contributed by atoms with Crippen molar-refractivity contribution in [2.45, 2.75) is 39.3 Å². The Morgan fingerprint density at radius 1 is 1.09 bits per heavy atom. The molecule has 0 bridgehead atoms. The van der Waals surface area contributed by atoms with Crippen LogP contribution < -0.4 is 19.7 Å². The highest BCUT2D eigenvalue weighted by atomic mass is 19.1. The van der Waals surface area contributed by atoms with E-state index < -0.39 is 11.4 Å². The maximum atomic E-state index is 15.5. The van der Waals surface area contributed by atoms with E-state index >= 15 is 4.39 Å². The fourth-order valence-corrected chi connectivity index (χ4v) is 5.55. The summed E-state index contributed by atoms with van der Waals surface area (Å²) in [7, 11) is 0. The first-order valence-corrected chi connectivity index (χ1v) is 14.3. The lowest BCUT2D eigenvalue weighted by atomic mass is 10.1. The standard InChI is InChI=1S/C31H31FN8O4/c1-18-11-23(21(32)13-25(18)43-20-7-8-40-26(12-20)34-17-36-40)37-29-27-22(33-16-35-29)5-6-24-28(27)42-15-19-14-38(9-10-39(19)24)30(41)44-31(2,3)4/h5-8,11-13,16-17,19H,9-10,14-15H2,1-4H3,(H,33,35,37)/t19-/m0/s1. The van der Waals surface area contributed by atoms with Crippen molar-refractivity contribution in [2.75, 3.05) is 36.5 Å². The van der Waals surface area contributed by atoms with Crippen LogP contribution in [0.1, 0.15) is 26.3 Å². The number of pyridine rings is 1. The van der Waals surface area contributed by atoms with Crippen LogP contribution in [0.15, 0.2) is 55.2 Å². The number of ether oxygens (including phenoxy) is 3. The lowest BCUT2D eigenvalue weighted by molar-refractivity contribution is 0.0195. The van der Waals surface area contributed by atoms with E-state index in [-0.39, 0.29) is 17.8 Å². The number of carbonyl (C=O) groups is 1. The SMILES string of the molecule is Cc1cc(Nc2ncnc3ccc4c(c23)OC[C@@H]2CN(C(=O)OC(C)(C)C)CCN42)c(F)cc1Oc1ccn2ncnc2c1. The van der Waals surface area contributed by atoms with Crippen molar-refractivity contribution in [3.63, 3.8) is 0 Å². The van der Waals surface area contributed by atoms with Gasteiger partial charge in [-0.3, -0.25) is 0 Å². The minimum Gasteiger partial charge on any atom is -0.488 e. The molecule has 0 saturated carbocycles. The first-order chi connectivity index (χ1) is 21.1. The topological polar surface area (TPSA) is 119 Å². The number of nitrogens with one attached hydrogen (secondary N) is 1. The molecule has 0 unspecified atom stereocenters. The number of rotatable bonds is 4. The fraction of sp³-hybridized carbons (Fsp3) is 0.323. The Morgan fingerprint density at radius 3 is 2.80 bits per heavy atom. The third-order valence-corrected chi connectivity index (χ3v) is 7.60. The third kappa shape index (κ3) is 5.14. The van der Waals surface area contributed by atoms with Crippen molar-refractivity contribution in [1.82, 2.24) is 29.5 Å². The second-order valence-electron chi connectivity index (χ2n) is 11.9. The number of aryl methyl sites for hydroxylation is 1. The van der Waals surface area contributed by atoms with Gasteiger partial charge in [-0.15, -0.1) is 0 Å². The highest BCUT2D eigenvalue weighted by Gasteiger charge is 2.37. The average Bonchev–Trinajstić information content (AvgIpc) is 3.46. The number of amides is 1. The molecule has 5 heterocycles. The number of hydrogen-bond donors (Lipinski definition) is 1. The van der Waals surface area contributed by atoms with Gasteiger partial charge >= 0.3 is 6.09 Å². The molecule has 0 spiro atoms. The molecule has 0 radical (unpaired) electrons. The van der Waals surface area contributed by atoms with Crippen LogP contribution in [0.25, 0.3) is 16.6 Å². The average molecular weight is 599 g/mol. The number of aromatic nitrogens is 5. The normalized spacial score (nSPS) is 16.3. The van der Waals surface area contributed by atoms with Crippen LogP contribution in [0.5, 0.6) is 17.2 Å². The maximum absolute atomic E-state index is 15.5. The van der Waals surface area contributed by atoms with Crippen LogP contribution >= 0.6 is 0 Å². The van der Waals surface area contributed by atoms with Crippen LogP contribution in [0.2, 0.25) is 0 Å². The molecule has 1 atom stereocenters. The Bertz CT molecular complexity index is 1910. The van der Waals surface area contributed by atoms with Gasteiger partial charge in [0.05, 0.1) is 28.3 Å². The highest BCUT2D eigenvalue weighted by Crippen LogP contribution is 2.43. The van der Waals surface area contributed by atoms with Gasteiger partial charge in [-0.1, -0.05) is 0 Å². The van der Waals surface area contributed by atoms with Gasteiger partial charge < -0.3 is 29.3 Å². The largest absolute Gasteiger partial charge is 0.488 e. The van der Waals surface area contributed by atoms with Crippen LogP contribution in [0.4, 0.5) is 26.4 Å². The maximum Gasteiger partial charge on any atom is 0.410 e. The molecule has 44 heavy (non-hydrogen) atoms. The van der Waals surface area contributed by atoms with E-state index in [1.165, 1.54) is 18.7 Å². The molecule has 1 saturated heterocycles. The monoisotopic (exact) mass is 598 g/mol. The van der Waals surface area contributed by atoms with Gasteiger partial charge in [0.2, 0.25) is 0 Å². The molecule has 7 rings (SSSR count). The number of benzene rings is 2. The van der Waals surface area contributed by atoms with Crippen molar-refractivity contribution in [2.24, 2.45) is 0 Å². The predicted octanol–water partition coefficient (Wildman–Crippen LogP) is 5.47. The van der Waals surface area contributed by atoms with E-state index in [0.29, 0.717) is 65.9 Å². The van der Waals surface area contributed by atoms with E-state index in [1.807, 2.05) is 39.8 Å². The molecule has 2 aliphatic heterocycles. The van der Waals surface area contributed by atoms with Gasteiger partial charge in [-0.2, -0.15) is 5.10 Å². The summed E-state index contributed by atoms with van der Waals surface area (Å²) < 4.78 is 35.0. The Hall–Kier alpha value is -5.20. The summed E-state index contributed by atoms with van der Waals surface area (Å²) in [5, 5.41) is 7.89. The molecule has 2 aliphatic rings. The van der Waals surface area contributed by atoms with Gasteiger partial charge in [0.15, 0.2) is 11.4 Å². The summed E-state index contributed by atoms with van der Waals surface area (Å²) in [5.74, 6) is 1.42. The number of halogens is 1. The van der Waals surface area contributed by atoms with E-state index in [9.17, 15) is 4.79 Å². The van der Waals surface area contributed by atoms with Crippen LogP contribution in [0, 0.1) is 12.7 Å². The predicted molar refractivity (Wildman–Crippen MR) is 161 cm³/mol.